The van der Waals surface area contributed by atoms with Crippen LogP contribution in [0.2, 0.25) is 0 Å². The van der Waals surface area contributed by atoms with Gasteiger partial charge in [0.25, 0.3) is 0 Å². The predicted molar refractivity (Wildman–Crippen MR) is 84.8 cm³/mol. The van der Waals surface area contributed by atoms with Gasteiger partial charge in [0.2, 0.25) is 0 Å². The monoisotopic (exact) mass is 440 g/mol. The Hall–Kier alpha value is -1.73. The van der Waals surface area contributed by atoms with Crippen LogP contribution < -0.4 is 24.6 Å². The van der Waals surface area contributed by atoms with E-state index in [-0.39, 0.29) is 33.8 Å². The van der Waals surface area contributed by atoms with Crippen molar-refractivity contribution in [2.75, 3.05) is 20.1 Å². The number of nitriles is 1. The molecule has 0 bridgehead atoms. The Morgan fingerprint density at radius 2 is 2.42 bits per heavy atom. The molecule has 0 spiro atoms. The number of amides is 1. The number of alkyl halides is 1. The van der Waals surface area contributed by atoms with Gasteiger partial charge in [-0.2, -0.15) is 0 Å². The number of quaternary nitrogens is 1. The molecule has 7 nitrogen and oxygen atoms in total. The van der Waals surface area contributed by atoms with Crippen LogP contribution in [0.5, 0.6) is 0 Å². The minimum absolute atomic E-state index is 0.0159. The van der Waals surface area contributed by atoms with Crippen molar-refractivity contribution in [3.8, 4) is 6.07 Å². The number of fused-ring (bicyclic) bond motifs is 1. The Balaban J connectivity index is 1.73. The van der Waals surface area contributed by atoms with Crippen molar-refractivity contribution in [1.29, 1.82) is 5.26 Å². The van der Waals surface area contributed by atoms with Crippen molar-refractivity contribution < 1.29 is 29.4 Å². The molecule has 24 heavy (non-hydrogen) atoms. The molecular formula is C16H21IN6O. The number of nitrogens with zero attached hydrogens (tertiary/aromatic N) is 4. The van der Waals surface area contributed by atoms with E-state index in [1.165, 1.54) is 3.11 Å². The number of hydrogen-bond donors (Lipinski definition) is 2. The minimum atomic E-state index is -0.260. The van der Waals surface area contributed by atoms with Crippen molar-refractivity contribution in [2.24, 2.45) is 5.92 Å². The molecule has 3 atom stereocenters. The topological polar surface area (TPSA) is 90.1 Å². The number of likely N-dealkylation sites (tertiary alicyclic amines) is 1. The zero-order valence-electron chi connectivity index (χ0n) is 13.8. The number of H-pyrrole nitrogens is 1. The number of nitrogens with one attached hydrogen (secondary N) is 2. The van der Waals surface area contributed by atoms with E-state index < -0.39 is 0 Å². The summed E-state index contributed by atoms with van der Waals surface area (Å²) in [6.45, 7) is 3.82. The van der Waals surface area contributed by atoms with Crippen molar-refractivity contribution in [1.82, 2.24) is 19.9 Å². The van der Waals surface area contributed by atoms with Gasteiger partial charge in [0.1, 0.15) is 0 Å². The molecule has 3 rings (SSSR count). The molecule has 2 N–H and O–H groups in total. The molecule has 128 valence electrons. The molecular weight excluding hydrogens is 419 g/mol. The van der Waals surface area contributed by atoms with E-state index >= 15 is 0 Å². The first-order valence-electron chi connectivity index (χ1n) is 8.00. The number of hydrogen-bond acceptors (Lipinski definition) is 4. The average molecular weight is 440 g/mol. The maximum absolute atomic E-state index is 12.0. The van der Waals surface area contributed by atoms with Crippen LogP contribution in [0.1, 0.15) is 19.8 Å². The van der Waals surface area contributed by atoms with Gasteiger partial charge in [-0.25, -0.2) is 0 Å². The average Bonchev–Trinajstić information content (AvgIpc) is 3.05. The van der Waals surface area contributed by atoms with Crippen LogP contribution in [0.3, 0.4) is 0 Å². The molecule has 2 aromatic rings. The zero-order valence-corrected chi connectivity index (χ0v) is 15.9. The summed E-state index contributed by atoms with van der Waals surface area (Å²) in [6, 6.07) is 3.99. The number of piperidine rings is 1. The molecule has 1 aliphatic rings. The van der Waals surface area contributed by atoms with Gasteiger partial charge in [-0.1, -0.05) is 0 Å². The van der Waals surface area contributed by atoms with Crippen LogP contribution in [0, 0.1) is 17.2 Å². The fourth-order valence-electron chi connectivity index (χ4n) is 2.98. The summed E-state index contributed by atoms with van der Waals surface area (Å²) < 4.78 is 1.83. The van der Waals surface area contributed by atoms with Gasteiger partial charge in [-0.3, -0.25) is 0 Å². The van der Waals surface area contributed by atoms with Crippen LogP contribution in [-0.4, -0.2) is 49.8 Å². The molecule has 1 aliphatic heterocycles. The van der Waals surface area contributed by atoms with Crippen LogP contribution in [0.4, 0.5) is 5.82 Å². The van der Waals surface area contributed by atoms with Crippen LogP contribution >= 0.6 is 0 Å². The van der Waals surface area contributed by atoms with Gasteiger partial charge in [-0.05, 0) is 0 Å². The van der Waals surface area contributed by atoms with Crippen LogP contribution in [0.25, 0.3) is 11.0 Å². The Labute approximate surface area is 151 Å². The molecule has 8 heteroatoms. The van der Waals surface area contributed by atoms with Gasteiger partial charge in [-0.15, -0.1) is 0 Å². The SMILES string of the molecule is C[C@@H]1CCN(C(=O)CC#N)CC1[I-][NH+](C)c1ncnc2[nH]ccc12. The third kappa shape index (κ3) is 3.52. The first-order chi connectivity index (χ1) is 11.6. The molecule has 0 saturated carbocycles. The van der Waals surface area contributed by atoms with Crippen molar-refractivity contribution in [3.05, 3.63) is 18.6 Å². The molecule has 3 heterocycles. The van der Waals surface area contributed by atoms with Crippen molar-refractivity contribution in [3.63, 3.8) is 0 Å². The summed E-state index contributed by atoms with van der Waals surface area (Å²) in [5.74, 6) is 1.59. The van der Waals surface area contributed by atoms with Crippen LogP contribution in [-0.2, 0) is 4.79 Å². The van der Waals surface area contributed by atoms with Gasteiger partial charge >= 0.3 is 152 Å². The molecule has 1 amide bonds. The van der Waals surface area contributed by atoms with E-state index in [1.807, 2.05) is 23.2 Å². The Morgan fingerprint density at radius 3 is 3.21 bits per heavy atom. The quantitative estimate of drug-likeness (QED) is 0.307. The van der Waals surface area contributed by atoms with Gasteiger partial charge in [0.15, 0.2) is 0 Å². The molecule has 2 unspecified atom stereocenters. The number of carbonyl (C=O) groups excluding carboxylic acids is 1. The van der Waals surface area contributed by atoms with E-state index in [4.69, 9.17) is 5.26 Å². The number of aromatic nitrogens is 3. The third-order valence-electron chi connectivity index (χ3n) is 4.43. The molecule has 1 fully saturated rings. The number of carbonyl (C=O) groups is 1. The Morgan fingerprint density at radius 1 is 1.58 bits per heavy atom. The van der Waals surface area contributed by atoms with Gasteiger partial charge in [0, 0.05) is 0 Å². The maximum atomic E-state index is 12.0. The van der Waals surface area contributed by atoms with Gasteiger partial charge < -0.3 is 0 Å². The fourth-order valence-corrected chi connectivity index (χ4v) is 6.55. The van der Waals surface area contributed by atoms with Crippen LogP contribution in [0.15, 0.2) is 18.6 Å². The van der Waals surface area contributed by atoms with E-state index in [2.05, 4.69) is 28.9 Å². The first-order valence-corrected chi connectivity index (χ1v) is 10.3. The number of aromatic amines is 1. The summed E-state index contributed by atoms with van der Waals surface area (Å²) >= 11 is -0.260. The fraction of sp³-hybridized carbons (Fsp3) is 0.500. The molecule has 0 aliphatic carbocycles. The second-order valence-electron chi connectivity index (χ2n) is 6.06. The molecule has 0 aromatic carbocycles. The Bertz CT molecular complexity index is 769. The summed E-state index contributed by atoms with van der Waals surface area (Å²) in [4.78, 5) is 25.8. The summed E-state index contributed by atoms with van der Waals surface area (Å²) in [6.07, 6.45) is 4.49. The van der Waals surface area contributed by atoms with E-state index in [0.29, 0.717) is 9.84 Å². The van der Waals surface area contributed by atoms with E-state index in [0.717, 1.165) is 36.4 Å². The standard InChI is InChI=1S/C16H21IN6O/c1-11-5-8-23(14(24)3-6-18)9-13(11)17-22(2)16-12-4-7-19-15(12)20-10-21-16/h4,7,10-11,13,22H,3,5,8-9H2,1-2H3,(H,19,20,21)/t11-,13?/m1/s1. The second-order valence-corrected chi connectivity index (χ2v) is 9.90. The number of rotatable bonds is 4. The molecule has 2 aromatic heterocycles. The van der Waals surface area contributed by atoms with E-state index in [9.17, 15) is 4.79 Å². The molecule has 0 radical (unpaired) electrons. The summed E-state index contributed by atoms with van der Waals surface area (Å²) in [5, 5.41) is 9.81. The second kappa shape index (κ2) is 7.44. The Kier molecular flexibility index (Phi) is 5.30. The van der Waals surface area contributed by atoms with Crippen molar-refractivity contribution in [2.45, 2.75) is 23.7 Å². The zero-order chi connectivity index (χ0) is 17.1. The third-order valence-corrected chi connectivity index (χ3v) is 8.30. The number of halogens is 1. The predicted octanol–water partition coefficient (Wildman–Crippen LogP) is -2.74. The molecule has 1 saturated heterocycles. The first kappa shape index (κ1) is 17.1. The normalized spacial score (nSPS) is 22.5. The van der Waals surface area contributed by atoms with E-state index in [1.54, 1.807) is 6.33 Å². The van der Waals surface area contributed by atoms with Crippen molar-refractivity contribution >= 4 is 22.8 Å². The van der Waals surface area contributed by atoms with Gasteiger partial charge in [0.05, 0.1) is 0 Å². The summed E-state index contributed by atoms with van der Waals surface area (Å²) in [7, 11) is 2.16. The summed E-state index contributed by atoms with van der Waals surface area (Å²) in [5.41, 5.74) is 0.867.